The van der Waals surface area contributed by atoms with Gasteiger partial charge in [-0.2, -0.15) is 0 Å². The van der Waals surface area contributed by atoms with Crippen molar-refractivity contribution < 1.29 is 9.13 Å². The lowest BCUT2D eigenvalue weighted by Crippen LogP contribution is -2.30. The molecule has 3 aromatic heterocycles. The summed E-state index contributed by atoms with van der Waals surface area (Å²) in [7, 11) is 0. The standard InChI is InChI=1S/C23H19FN6O2/c1-14-16(10-11-32-14)29-19-9-5-4-8-18(19)28-13-25-21(22(28)23(29)31)20-12-26-27-30(20)17-7-3-2-6-15(17)24/h2-9,12-14,16H,10-11H2,1H3. The van der Waals surface area contributed by atoms with Crippen LogP contribution in [0.3, 0.4) is 0 Å². The van der Waals surface area contributed by atoms with Crippen molar-refractivity contribution in [2.24, 2.45) is 0 Å². The molecule has 5 aromatic rings. The minimum atomic E-state index is -0.442. The maximum Gasteiger partial charge on any atom is 0.278 e. The number of hydrogen-bond donors (Lipinski definition) is 0. The fourth-order valence-electron chi connectivity index (χ4n) is 4.60. The molecule has 1 aliphatic rings. The van der Waals surface area contributed by atoms with Gasteiger partial charge in [-0.25, -0.2) is 14.1 Å². The summed E-state index contributed by atoms with van der Waals surface area (Å²) in [6.07, 6.45) is 3.77. The van der Waals surface area contributed by atoms with Crippen LogP contribution in [-0.2, 0) is 4.74 Å². The van der Waals surface area contributed by atoms with E-state index in [0.29, 0.717) is 23.5 Å². The van der Waals surface area contributed by atoms with Gasteiger partial charge in [-0.05, 0) is 37.6 Å². The van der Waals surface area contributed by atoms with Crippen molar-refractivity contribution in [3.63, 3.8) is 0 Å². The third-order valence-electron chi connectivity index (χ3n) is 6.13. The van der Waals surface area contributed by atoms with E-state index in [2.05, 4.69) is 15.3 Å². The highest BCUT2D eigenvalue weighted by Gasteiger charge is 2.30. The number of para-hydroxylation sites is 3. The van der Waals surface area contributed by atoms with Crippen LogP contribution in [0.5, 0.6) is 0 Å². The largest absolute Gasteiger partial charge is 0.376 e. The highest BCUT2D eigenvalue weighted by Crippen LogP contribution is 2.31. The van der Waals surface area contributed by atoms with Gasteiger partial charge in [0.25, 0.3) is 5.56 Å². The molecule has 0 amide bonds. The number of fused-ring (bicyclic) bond motifs is 3. The molecule has 0 bridgehead atoms. The van der Waals surface area contributed by atoms with Gasteiger partial charge in [0.15, 0.2) is 0 Å². The van der Waals surface area contributed by atoms with Crippen molar-refractivity contribution in [2.75, 3.05) is 6.61 Å². The summed E-state index contributed by atoms with van der Waals surface area (Å²) in [6, 6.07) is 13.9. The molecule has 0 N–H and O–H groups in total. The summed E-state index contributed by atoms with van der Waals surface area (Å²) < 4.78 is 25.2. The highest BCUT2D eigenvalue weighted by molar-refractivity contribution is 5.84. The molecule has 160 valence electrons. The van der Waals surface area contributed by atoms with E-state index in [1.165, 1.54) is 16.9 Å². The maximum atomic E-state index is 14.5. The Morgan fingerprint density at radius 2 is 1.88 bits per heavy atom. The van der Waals surface area contributed by atoms with Crippen LogP contribution in [0.1, 0.15) is 19.4 Å². The molecular weight excluding hydrogens is 411 g/mol. The first kappa shape index (κ1) is 18.9. The molecule has 9 heteroatoms. The van der Waals surface area contributed by atoms with Gasteiger partial charge in [0, 0.05) is 6.61 Å². The van der Waals surface area contributed by atoms with E-state index >= 15 is 0 Å². The van der Waals surface area contributed by atoms with Gasteiger partial charge < -0.3 is 4.74 Å². The topological polar surface area (TPSA) is 79.2 Å². The predicted molar refractivity (Wildman–Crippen MR) is 116 cm³/mol. The predicted octanol–water partition coefficient (Wildman–Crippen LogP) is 3.39. The monoisotopic (exact) mass is 430 g/mol. The molecule has 8 nitrogen and oxygen atoms in total. The van der Waals surface area contributed by atoms with E-state index < -0.39 is 5.82 Å². The van der Waals surface area contributed by atoms with Crippen molar-refractivity contribution >= 4 is 16.6 Å². The minimum absolute atomic E-state index is 0.0875. The Bertz CT molecular complexity index is 1530. The van der Waals surface area contributed by atoms with Crippen LogP contribution in [0.2, 0.25) is 0 Å². The van der Waals surface area contributed by atoms with Crippen LogP contribution < -0.4 is 5.56 Å². The van der Waals surface area contributed by atoms with Crippen LogP contribution in [-0.4, -0.2) is 41.7 Å². The van der Waals surface area contributed by atoms with Crippen molar-refractivity contribution in [1.82, 2.24) is 28.9 Å². The lowest BCUT2D eigenvalue weighted by atomic mass is 10.1. The van der Waals surface area contributed by atoms with Crippen LogP contribution in [0, 0.1) is 5.82 Å². The first-order valence-corrected chi connectivity index (χ1v) is 10.4. The highest BCUT2D eigenvalue weighted by atomic mass is 19.1. The van der Waals surface area contributed by atoms with E-state index in [1.54, 1.807) is 28.9 Å². The summed E-state index contributed by atoms with van der Waals surface area (Å²) in [6.45, 7) is 2.59. The number of nitrogens with zero attached hydrogens (tertiary/aromatic N) is 6. The van der Waals surface area contributed by atoms with Crippen LogP contribution in [0.25, 0.3) is 33.6 Å². The second kappa shape index (κ2) is 7.10. The summed E-state index contributed by atoms with van der Waals surface area (Å²) in [5.41, 5.74) is 2.95. The summed E-state index contributed by atoms with van der Waals surface area (Å²) in [5, 5.41) is 8.04. The molecule has 0 aliphatic carbocycles. The SMILES string of the molecule is CC1OCCC1n1c(=O)c2c(-c3cnnn3-c3ccccc3F)ncn2c2ccccc21. The molecule has 1 saturated heterocycles. The van der Waals surface area contributed by atoms with Gasteiger partial charge >= 0.3 is 0 Å². The smallest absolute Gasteiger partial charge is 0.278 e. The number of halogens is 1. The van der Waals surface area contributed by atoms with Gasteiger partial charge in [-0.3, -0.25) is 13.8 Å². The lowest BCUT2D eigenvalue weighted by molar-refractivity contribution is 0.108. The number of aromatic nitrogens is 6. The average molecular weight is 430 g/mol. The summed E-state index contributed by atoms with van der Waals surface area (Å²) in [5.74, 6) is -0.442. The van der Waals surface area contributed by atoms with Gasteiger partial charge in [0.1, 0.15) is 34.7 Å². The Labute approximate surface area is 181 Å². The third-order valence-corrected chi connectivity index (χ3v) is 6.13. The number of hydrogen-bond acceptors (Lipinski definition) is 5. The Morgan fingerprint density at radius 1 is 1.09 bits per heavy atom. The molecule has 1 fully saturated rings. The van der Waals surface area contributed by atoms with E-state index in [-0.39, 0.29) is 23.4 Å². The lowest BCUT2D eigenvalue weighted by Gasteiger charge is -2.21. The molecule has 0 saturated carbocycles. The third kappa shape index (κ3) is 2.64. The number of ether oxygens (including phenoxy) is 1. The zero-order valence-electron chi connectivity index (χ0n) is 17.2. The average Bonchev–Trinajstić information content (AvgIpc) is 3.54. The molecule has 0 radical (unpaired) electrons. The molecular formula is C23H19FN6O2. The zero-order valence-corrected chi connectivity index (χ0v) is 17.2. The molecule has 4 heterocycles. The van der Waals surface area contributed by atoms with Crippen LogP contribution >= 0.6 is 0 Å². The summed E-state index contributed by atoms with van der Waals surface area (Å²) in [4.78, 5) is 18.4. The first-order chi connectivity index (χ1) is 15.6. The molecule has 2 aromatic carbocycles. The van der Waals surface area contributed by atoms with Crippen molar-refractivity contribution in [2.45, 2.75) is 25.5 Å². The second-order valence-corrected chi connectivity index (χ2v) is 7.89. The fraction of sp³-hybridized carbons (Fsp3) is 0.217. The van der Waals surface area contributed by atoms with Gasteiger partial charge in [0.05, 0.1) is 29.4 Å². The number of rotatable bonds is 3. The number of imidazole rings is 1. The Kier molecular flexibility index (Phi) is 4.19. The Morgan fingerprint density at radius 3 is 2.66 bits per heavy atom. The fourth-order valence-corrected chi connectivity index (χ4v) is 4.60. The van der Waals surface area contributed by atoms with Crippen LogP contribution in [0.15, 0.2) is 65.8 Å². The van der Waals surface area contributed by atoms with Gasteiger partial charge in [-0.15, -0.1) is 5.10 Å². The Hall–Kier alpha value is -3.85. The van der Waals surface area contributed by atoms with Gasteiger partial charge in [-0.1, -0.05) is 29.5 Å². The molecule has 6 rings (SSSR count). The van der Waals surface area contributed by atoms with Gasteiger partial charge in [0.2, 0.25) is 0 Å². The second-order valence-electron chi connectivity index (χ2n) is 7.89. The van der Waals surface area contributed by atoms with Crippen molar-refractivity contribution in [3.05, 3.63) is 77.2 Å². The Balaban J connectivity index is 1.67. The normalized spacial score (nSPS) is 18.7. The first-order valence-electron chi connectivity index (χ1n) is 10.4. The van der Waals surface area contributed by atoms with Crippen LogP contribution in [0.4, 0.5) is 4.39 Å². The number of benzene rings is 2. The van der Waals surface area contributed by atoms with E-state index in [9.17, 15) is 9.18 Å². The molecule has 2 atom stereocenters. The van der Waals surface area contributed by atoms with E-state index in [1.807, 2.05) is 35.8 Å². The molecule has 32 heavy (non-hydrogen) atoms. The van der Waals surface area contributed by atoms with Crippen molar-refractivity contribution in [3.8, 4) is 17.1 Å². The van der Waals surface area contributed by atoms with Crippen molar-refractivity contribution in [1.29, 1.82) is 0 Å². The zero-order chi connectivity index (χ0) is 21.8. The molecule has 1 aliphatic heterocycles. The quantitative estimate of drug-likeness (QED) is 0.438. The summed E-state index contributed by atoms with van der Waals surface area (Å²) >= 11 is 0. The van der Waals surface area contributed by atoms with E-state index in [4.69, 9.17) is 4.74 Å². The maximum absolute atomic E-state index is 14.5. The molecule has 2 unspecified atom stereocenters. The minimum Gasteiger partial charge on any atom is -0.376 e. The molecule has 0 spiro atoms. The van der Waals surface area contributed by atoms with E-state index in [0.717, 1.165) is 17.5 Å².